The van der Waals surface area contributed by atoms with E-state index in [2.05, 4.69) is 5.32 Å². The van der Waals surface area contributed by atoms with Crippen molar-refractivity contribution in [1.82, 2.24) is 5.32 Å². The number of aryl methyl sites for hydroxylation is 2. The molecule has 1 aromatic rings. The molecule has 1 atom stereocenters. The summed E-state index contributed by atoms with van der Waals surface area (Å²) < 4.78 is 5.42. The van der Waals surface area contributed by atoms with E-state index >= 15 is 0 Å². The van der Waals surface area contributed by atoms with Crippen LogP contribution in [0.25, 0.3) is 0 Å². The fraction of sp³-hybridized carbons (Fsp3) is 0.667. The van der Waals surface area contributed by atoms with E-state index < -0.39 is 5.60 Å². The molecule has 0 spiro atoms. The first-order valence-electron chi connectivity index (χ1n) is 6.58. The van der Waals surface area contributed by atoms with Crippen LogP contribution >= 0.6 is 0 Å². The molecule has 0 radical (unpaired) electrons. The maximum Gasteiger partial charge on any atom is 0.220 e. The summed E-state index contributed by atoms with van der Waals surface area (Å²) in [6.45, 7) is 11.5. The largest absolute Gasteiger partial charge is 0.466 e. The summed E-state index contributed by atoms with van der Waals surface area (Å²) >= 11 is 0. The zero-order valence-corrected chi connectivity index (χ0v) is 12.8. The molecule has 0 saturated heterocycles. The molecule has 0 fully saturated rings. The standard InChI is InChI=1S/C15H25NO3/c1-10-7-12(11(2)19-10)15(6,18)9-16-13(17)8-14(3,4)5/h7,18H,8-9H2,1-6H3,(H,16,17). The second-order valence-electron chi connectivity index (χ2n) is 6.61. The van der Waals surface area contributed by atoms with Gasteiger partial charge in [0, 0.05) is 12.0 Å². The number of amides is 1. The monoisotopic (exact) mass is 267 g/mol. The SMILES string of the molecule is Cc1cc(C(C)(O)CNC(=O)CC(C)(C)C)c(C)o1. The first-order valence-corrected chi connectivity index (χ1v) is 6.58. The van der Waals surface area contributed by atoms with Crippen molar-refractivity contribution in [3.8, 4) is 0 Å². The van der Waals surface area contributed by atoms with Gasteiger partial charge in [-0.15, -0.1) is 0 Å². The van der Waals surface area contributed by atoms with Crippen LogP contribution in [0.4, 0.5) is 0 Å². The van der Waals surface area contributed by atoms with Crippen LogP contribution in [0.15, 0.2) is 10.5 Å². The predicted molar refractivity (Wildman–Crippen MR) is 74.8 cm³/mol. The predicted octanol–water partition coefficient (Wildman–Crippen LogP) is 2.66. The lowest BCUT2D eigenvalue weighted by molar-refractivity contribution is -0.124. The highest BCUT2D eigenvalue weighted by Gasteiger charge is 2.28. The van der Waals surface area contributed by atoms with E-state index in [1.807, 2.05) is 40.7 Å². The Morgan fingerprint density at radius 2 is 1.89 bits per heavy atom. The van der Waals surface area contributed by atoms with Crippen LogP contribution in [0, 0.1) is 19.3 Å². The van der Waals surface area contributed by atoms with Gasteiger partial charge in [-0.2, -0.15) is 0 Å². The number of aliphatic hydroxyl groups is 1. The maximum atomic E-state index is 11.8. The van der Waals surface area contributed by atoms with Crippen LogP contribution in [-0.2, 0) is 10.4 Å². The fourth-order valence-corrected chi connectivity index (χ4v) is 2.08. The molecule has 0 aliphatic carbocycles. The minimum Gasteiger partial charge on any atom is -0.466 e. The molecule has 1 heterocycles. The topological polar surface area (TPSA) is 62.5 Å². The van der Waals surface area contributed by atoms with Gasteiger partial charge in [0.2, 0.25) is 5.91 Å². The first kappa shape index (κ1) is 15.8. The second kappa shape index (κ2) is 5.37. The third-order valence-electron chi connectivity index (χ3n) is 2.94. The van der Waals surface area contributed by atoms with Crippen molar-refractivity contribution in [2.24, 2.45) is 5.41 Å². The highest BCUT2D eigenvalue weighted by atomic mass is 16.3. The van der Waals surface area contributed by atoms with Crippen molar-refractivity contribution >= 4 is 5.91 Å². The van der Waals surface area contributed by atoms with Gasteiger partial charge in [0.15, 0.2) is 0 Å². The van der Waals surface area contributed by atoms with Crippen LogP contribution in [-0.4, -0.2) is 17.6 Å². The van der Waals surface area contributed by atoms with Crippen molar-refractivity contribution in [2.75, 3.05) is 6.54 Å². The molecule has 0 aliphatic rings. The van der Waals surface area contributed by atoms with E-state index in [1.54, 1.807) is 6.92 Å². The zero-order valence-electron chi connectivity index (χ0n) is 12.8. The number of carbonyl (C=O) groups is 1. The molecule has 1 rings (SSSR count). The molecule has 0 aliphatic heterocycles. The lowest BCUT2D eigenvalue weighted by Crippen LogP contribution is -2.39. The average Bonchev–Trinajstić information content (AvgIpc) is 2.53. The Labute approximate surface area is 115 Å². The highest BCUT2D eigenvalue weighted by Crippen LogP contribution is 2.26. The Hall–Kier alpha value is -1.29. The Balaban J connectivity index is 2.66. The maximum absolute atomic E-state index is 11.8. The molecule has 1 amide bonds. The van der Waals surface area contributed by atoms with Crippen molar-refractivity contribution in [3.05, 3.63) is 23.2 Å². The third kappa shape index (κ3) is 4.71. The molecule has 19 heavy (non-hydrogen) atoms. The van der Waals surface area contributed by atoms with Crippen molar-refractivity contribution in [1.29, 1.82) is 0 Å². The first-order chi connectivity index (χ1) is 8.51. The van der Waals surface area contributed by atoms with E-state index in [0.717, 1.165) is 11.3 Å². The minimum atomic E-state index is -1.12. The lowest BCUT2D eigenvalue weighted by Gasteiger charge is -2.24. The van der Waals surface area contributed by atoms with E-state index in [4.69, 9.17) is 4.42 Å². The summed E-state index contributed by atoms with van der Waals surface area (Å²) in [5, 5.41) is 13.2. The number of furan rings is 1. The summed E-state index contributed by atoms with van der Waals surface area (Å²) in [5.41, 5.74) is -0.450. The molecule has 108 valence electrons. The van der Waals surface area contributed by atoms with Crippen molar-refractivity contribution in [2.45, 2.75) is 53.6 Å². The van der Waals surface area contributed by atoms with Gasteiger partial charge in [-0.3, -0.25) is 4.79 Å². The summed E-state index contributed by atoms with van der Waals surface area (Å²) in [4.78, 5) is 11.8. The van der Waals surface area contributed by atoms with E-state index in [-0.39, 0.29) is 17.9 Å². The number of rotatable bonds is 4. The summed E-state index contributed by atoms with van der Waals surface area (Å²) in [6, 6.07) is 1.81. The molecular formula is C15H25NO3. The van der Waals surface area contributed by atoms with E-state index in [0.29, 0.717) is 12.2 Å². The Bertz CT molecular complexity index is 452. The van der Waals surface area contributed by atoms with Gasteiger partial charge >= 0.3 is 0 Å². The Morgan fingerprint density at radius 1 is 1.32 bits per heavy atom. The molecule has 4 nitrogen and oxygen atoms in total. The highest BCUT2D eigenvalue weighted by molar-refractivity contribution is 5.76. The molecule has 0 aromatic carbocycles. The van der Waals surface area contributed by atoms with Gasteiger partial charge in [0.25, 0.3) is 0 Å². The smallest absolute Gasteiger partial charge is 0.220 e. The van der Waals surface area contributed by atoms with Crippen LogP contribution in [0.3, 0.4) is 0 Å². The van der Waals surface area contributed by atoms with E-state index in [9.17, 15) is 9.90 Å². The fourth-order valence-electron chi connectivity index (χ4n) is 2.08. The molecule has 1 aromatic heterocycles. The molecule has 0 saturated carbocycles. The molecule has 1 unspecified atom stereocenters. The summed E-state index contributed by atoms with van der Waals surface area (Å²) in [7, 11) is 0. The van der Waals surface area contributed by atoms with Crippen LogP contribution in [0.2, 0.25) is 0 Å². The van der Waals surface area contributed by atoms with Crippen LogP contribution < -0.4 is 5.32 Å². The zero-order chi connectivity index (χ0) is 14.8. The molecular weight excluding hydrogens is 242 g/mol. The number of nitrogens with one attached hydrogen (secondary N) is 1. The van der Waals surface area contributed by atoms with Gasteiger partial charge in [0.05, 0.1) is 6.54 Å². The van der Waals surface area contributed by atoms with Gasteiger partial charge in [-0.25, -0.2) is 0 Å². The van der Waals surface area contributed by atoms with Gasteiger partial charge < -0.3 is 14.8 Å². The molecule has 2 N–H and O–H groups in total. The quantitative estimate of drug-likeness (QED) is 0.881. The average molecular weight is 267 g/mol. The van der Waals surface area contributed by atoms with Crippen LogP contribution in [0.5, 0.6) is 0 Å². The van der Waals surface area contributed by atoms with Gasteiger partial charge in [-0.1, -0.05) is 20.8 Å². The Kier molecular flexibility index (Phi) is 4.46. The number of hydrogen-bond donors (Lipinski definition) is 2. The minimum absolute atomic E-state index is 0.0503. The van der Waals surface area contributed by atoms with Gasteiger partial charge in [-0.05, 0) is 32.3 Å². The molecule has 4 heteroatoms. The molecule has 0 bridgehead atoms. The summed E-state index contributed by atoms with van der Waals surface area (Å²) in [6.07, 6.45) is 0.437. The Morgan fingerprint density at radius 3 is 2.32 bits per heavy atom. The number of carbonyl (C=O) groups excluding carboxylic acids is 1. The second-order valence-corrected chi connectivity index (χ2v) is 6.61. The third-order valence-corrected chi connectivity index (χ3v) is 2.94. The van der Waals surface area contributed by atoms with Crippen LogP contribution in [0.1, 0.15) is 51.2 Å². The lowest BCUT2D eigenvalue weighted by atomic mass is 9.91. The van der Waals surface area contributed by atoms with E-state index in [1.165, 1.54) is 0 Å². The summed E-state index contributed by atoms with van der Waals surface area (Å²) in [5.74, 6) is 1.40. The normalized spacial score (nSPS) is 15.1. The number of hydrogen-bond acceptors (Lipinski definition) is 3. The van der Waals surface area contributed by atoms with Crippen molar-refractivity contribution in [3.63, 3.8) is 0 Å². The van der Waals surface area contributed by atoms with Gasteiger partial charge in [0.1, 0.15) is 17.1 Å². The van der Waals surface area contributed by atoms with Crippen molar-refractivity contribution < 1.29 is 14.3 Å².